The molecule has 1 saturated heterocycles. The van der Waals surface area contributed by atoms with E-state index in [0.29, 0.717) is 31.2 Å². The number of hydrogen-bond donors (Lipinski definition) is 3. The van der Waals surface area contributed by atoms with Gasteiger partial charge in [-0.05, 0) is 62.3 Å². The summed E-state index contributed by atoms with van der Waals surface area (Å²) in [5.41, 5.74) is 7.73. The van der Waals surface area contributed by atoms with Crippen LogP contribution in [0.4, 0.5) is 10.6 Å². The minimum Gasteiger partial charge on any atom is -0.328 e. The van der Waals surface area contributed by atoms with Crippen LogP contribution < -0.4 is 22.1 Å². The zero-order chi connectivity index (χ0) is 23.5. The maximum absolute atomic E-state index is 12.7. The number of nitrogens with one attached hydrogen (secondary N) is 2. The van der Waals surface area contributed by atoms with Gasteiger partial charge in [-0.3, -0.25) is 14.8 Å². The zero-order valence-electron chi connectivity index (χ0n) is 19.7. The Hall–Kier alpha value is -2.75. The molecule has 0 spiro atoms. The molecule has 4 N–H and O–H groups in total. The van der Waals surface area contributed by atoms with Crippen molar-refractivity contribution >= 4 is 11.8 Å². The van der Waals surface area contributed by atoms with Crippen LogP contribution in [-0.4, -0.2) is 69.7 Å². The van der Waals surface area contributed by atoms with Gasteiger partial charge >= 0.3 is 11.7 Å². The number of carbonyl (C=O) groups is 1. The van der Waals surface area contributed by atoms with E-state index in [1.165, 1.54) is 35.8 Å². The lowest BCUT2D eigenvalue weighted by Gasteiger charge is -2.36. The van der Waals surface area contributed by atoms with Crippen molar-refractivity contribution in [2.45, 2.75) is 63.2 Å². The van der Waals surface area contributed by atoms with Gasteiger partial charge in [0.2, 0.25) is 0 Å². The number of nitrogens with zero attached hydrogens (tertiary/aromatic N) is 4. The van der Waals surface area contributed by atoms with Crippen LogP contribution in [0.25, 0.3) is 5.69 Å². The third-order valence-corrected chi connectivity index (χ3v) is 7.25. The average molecular weight is 466 g/mol. The first-order chi connectivity index (χ1) is 16.6. The summed E-state index contributed by atoms with van der Waals surface area (Å²) < 4.78 is 1.51. The van der Waals surface area contributed by atoms with E-state index < -0.39 is 5.69 Å². The van der Waals surface area contributed by atoms with Gasteiger partial charge in [-0.2, -0.15) is 4.98 Å². The summed E-state index contributed by atoms with van der Waals surface area (Å²) in [4.78, 5) is 33.5. The van der Waals surface area contributed by atoms with E-state index in [-0.39, 0.29) is 11.8 Å². The van der Waals surface area contributed by atoms with Crippen molar-refractivity contribution in [3.05, 3.63) is 52.6 Å². The summed E-state index contributed by atoms with van der Waals surface area (Å²) in [7, 11) is 0. The summed E-state index contributed by atoms with van der Waals surface area (Å²) in [6.45, 7) is 3.76. The van der Waals surface area contributed by atoms with Crippen molar-refractivity contribution in [1.29, 1.82) is 0 Å². The smallest absolute Gasteiger partial charge is 0.328 e. The monoisotopic (exact) mass is 465 g/mol. The Morgan fingerprint density at radius 3 is 2.29 bits per heavy atom. The van der Waals surface area contributed by atoms with E-state index in [1.807, 2.05) is 12.1 Å². The van der Waals surface area contributed by atoms with Crippen molar-refractivity contribution < 1.29 is 4.79 Å². The minimum atomic E-state index is -0.413. The third-order valence-electron chi connectivity index (χ3n) is 7.25. The van der Waals surface area contributed by atoms with E-state index in [4.69, 9.17) is 5.73 Å². The van der Waals surface area contributed by atoms with Gasteiger partial charge in [0.15, 0.2) is 0 Å². The Balaban J connectivity index is 1.23. The SMILES string of the molecule is N[C@H]1CC[C@H](N(Cc2ccc(-n3ccc(NC(=O)N4CCNCC4)nc3=O)cc2)C2CC2)CC1. The molecule has 2 saturated carbocycles. The Morgan fingerprint density at radius 1 is 1.03 bits per heavy atom. The fourth-order valence-electron chi connectivity index (χ4n) is 5.09. The molecule has 34 heavy (non-hydrogen) atoms. The van der Waals surface area contributed by atoms with E-state index in [1.54, 1.807) is 17.2 Å². The molecule has 1 aromatic carbocycles. The fraction of sp³-hybridized carbons (Fsp3) is 0.560. The molecule has 2 aliphatic carbocycles. The molecule has 9 nitrogen and oxygen atoms in total. The first-order valence-electron chi connectivity index (χ1n) is 12.5. The maximum atomic E-state index is 12.7. The first-order valence-corrected chi connectivity index (χ1v) is 12.5. The van der Waals surface area contributed by atoms with Crippen molar-refractivity contribution in [3.8, 4) is 5.69 Å². The van der Waals surface area contributed by atoms with Crippen LogP contribution >= 0.6 is 0 Å². The van der Waals surface area contributed by atoms with Crippen LogP contribution in [0.3, 0.4) is 0 Å². The Kier molecular flexibility index (Phi) is 6.94. The van der Waals surface area contributed by atoms with E-state index in [0.717, 1.165) is 38.2 Å². The number of aromatic nitrogens is 2. The summed E-state index contributed by atoms with van der Waals surface area (Å²) in [6.07, 6.45) is 8.86. The minimum absolute atomic E-state index is 0.226. The standard InChI is InChI=1S/C25H35N7O2/c26-19-3-7-21(8-4-19)32(22-9-10-22)17-18-1-5-20(6-2-18)31-14-11-23(29-25(31)34)28-24(33)30-15-12-27-13-16-30/h1-2,5-6,11,14,19,21-22,27H,3-4,7-10,12-13,15-17,26H2,(H,28,29,33,34)/t19-,21-. The lowest BCUT2D eigenvalue weighted by atomic mass is 9.90. The number of benzene rings is 1. The van der Waals surface area contributed by atoms with E-state index in [9.17, 15) is 9.59 Å². The van der Waals surface area contributed by atoms with Gasteiger partial charge in [-0.1, -0.05) is 12.1 Å². The molecule has 9 heteroatoms. The van der Waals surface area contributed by atoms with Gasteiger partial charge in [0, 0.05) is 57.0 Å². The molecule has 2 heterocycles. The molecule has 182 valence electrons. The molecule has 0 atom stereocenters. The largest absolute Gasteiger partial charge is 0.354 e. The number of rotatable bonds is 6. The van der Waals surface area contributed by atoms with Crippen LogP contribution in [0, 0.1) is 0 Å². The highest BCUT2D eigenvalue weighted by atomic mass is 16.2. The lowest BCUT2D eigenvalue weighted by Crippen LogP contribution is -2.48. The maximum Gasteiger partial charge on any atom is 0.354 e. The molecule has 3 fully saturated rings. The second-order valence-electron chi connectivity index (χ2n) is 9.77. The van der Waals surface area contributed by atoms with E-state index >= 15 is 0 Å². The fourth-order valence-corrected chi connectivity index (χ4v) is 5.09. The summed E-state index contributed by atoms with van der Waals surface area (Å²) >= 11 is 0. The van der Waals surface area contributed by atoms with Crippen LogP contribution in [0.5, 0.6) is 0 Å². The number of urea groups is 1. The second kappa shape index (κ2) is 10.2. The Labute approximate surface area is 200 Å². The molecule has 1 aliphatic heterocycles. The van der Waals surface area contributed by atoms with Crippen LogP contribution in [0.2, 0.25) is 0 Å². The molecule has 0 bridgehead atoms. The van der Waals surface area contributed by atoms with Crippen LogP contribution in [0.1, 0.15) is 44.1 Å². The van der Waals surface area contributed by atoms with Gasteiger partial charge in [0.1, 0.15) is 5.82 Å². The Morgan fingerprint density at radius 2 is 1.68 bits per heavy atom. The first kappa shape index (κ1) is 23.0. The molecule has 0 unspecified atom stereocenters. The van der Waals surface area contributed by atoms with Crippen LogP contribution in [0.15, 0.2) is 41.3 Å². The zero-order valence-corrected chi connectivity index (χ0v) is 19.7. The number of carbonyl (C=O) groups excluding carboxylic acids is 1. The quantitative estimate of drug-likeness (QED) is 0.601. The molecule has 2 aromatic rings. The van der Waals surface area contributed by atoms with Gasteiger partial charge in [0.25, 0.3) is 0 Å². The molecule has 5 rings (SSSR count). The number of piperazine rings is 1. The van der Waals surface area contributed by atoms with Crippen molar-refractivity contribution in [2.75, 3.05) is 31.5 Å². The van der Waals surface area contributed by atoms with E-state index in [2.05, 4.69) is 32.7 Å². The van der Waals surface area contributed by atoms with Gasteiger partial charge in [-0.15, -0.1) is 0 Å². The number of anilines is 1. The van der Waals surface area contributed by atoms with Crippen LogP contribution in [-0.2, 0) is 6.54 Å². The van der Waals surface area contributed by atoms with Crippen molar-refractivity contribution in [3.63, 3.8) is 0 Å². The molecular weight excluding hydrogens is 430 g/mol. The summed E-state index contributed by atoms with van der Waals surface area (Å²) in [5, 5.41) is 5.94. The number of nitrogens with two attached hydrogens (primary N) is 1. The van der Waals surface area contributed by atoms with Crippen molar-refractivity contribution in [2.24, 2.45) is 5.73 Å². The van der Waals surface area contributed by atoms with Gasteiger partial charge in [0.05, 0.1) is 5.69 Å². The predicted molar refractivity (Wildman–Crippen MR) is 132 cm³/mol. The topological polar surface area (TPSA) is 109 Å². The second-order valence-corrected chi connectivity index (χ2v) is 9.77. The van der Waals surface area contributed by atoms with Gasteiger partial charge < -0.3 is 16.0 Å². The molecule has 3 aliphatic rings. The summed E-state index contributed by atoms with van der Waals surface area (Å²) in [5.74, 6) is 0.272. The molecular formula is C25H35N7O2. The average Bonchev–Trinajstić information content (AvgIpc) is 3.70. The highest BCUT2D eigenvalue weighted by Gasteiger charge is 2.35. The highest BCUT2D eigenvalue weighted by molar-refractivity contribution is 5.88. The molecule has 0 radical (unpaired) electrons. The van der Waals surface area contributed by atoms with Gasteiger partial charge in [-0.25, -0.2) is 9.59 Å². The predicted octanol–water partition coefficient (Wildman–Crippen LogP) is 1.90. The highest BCUT2D eigenvalue weighted by Crippen LogP contribution is 2.34. The normalized spacial score (nSPS) is 23.2. The number of hydrogen-bond acceptors (Lipinski definition) is 6. The molecule has 2 amide bonds. The van der Waals surface area contributed by atoms with Crippen molar-refractivity contribution in [1.82, 2.24) is 24.7 Å². The number of amides is 2. The third kappa shape index (κ3) is 5.48. The molecule has 1 aromatic heterocycles. The lowest BCUT2D eigenvalue weighted by molar-refractivity contribution is 0.133. The summed E-state index contributed by atoms with van der Waals surface area (Å²) in [6, 6.07) is 11.3. The Bertz CT molecular complexity index is 1040.